The van der Waals surface area contributed by atoms with Gasteiger partial charge in [0.25, 0.3) is 0 Å². The molecule has 2 aromatic rings. The van der Waals surface area contributed by atoms with Crippen LogP contribution in [0.4, 0.5) is 15.0 Å². The second kappa shape index (κ2) is 7.14. The highest BCUT2D eigenvalue weighted by molar-refractivity contribution is 6.33. The van der Waals surface area contributed by atoms with Crippen LogP contribution < -0.4 is 10.5 Å². The van der Waals surface area contributed by atoms with Gasteiger partial charge in [0.15, 0.2) is 0 Å². The van der Waals surface area contributed by atoms with Crippen molar-refractivity contribution >= 4 is 23.5 Å². The van der Waals surface area contributed by atoms with Gasteiger partial charge >= 0.3 is 6.09 Å². The van der Waals surface area contributed by atoms with Gasteiger partial charge in [-0.25, -0.2) is 9.78 Å². The summed E-state index contributed by atoms with van der Waals surface area (Å²) in [7, 11) is 0. The van der Waals surface area contributed by atoms with Gasteiger partial charge in [0.05, 0.1) is 5.02 Å². The molecule has 6 nitrogen and oxygen atoms in total. The molecule has 1 amide bonds. The zero-order valence-corrected chi connectivity index (χ0v) is 14.0. The molecule has 0 radical (unpaired) electrons. The molecule has 1 aliphatic heterocycles. The molecule has 0 saturated carbocycles. The summed E-state index contributed by atoms with van der Waals surface area (Å²) in [5.41, 5.74) is 6.36. The van der Waals surface area contributed by atoms with E-state index in [-0.39, 0.29) is 22.5 Å². The van der Waals surface area contributed by atoms with Crippen LogP contribution in [0.1, 0.15) is 12.8 Å². The van der Waals surface area contributed by atoms with E-state index in [2.05, 4.69) is 4.98 Å². The zero-order valence-electron chi connectivity index (χ0n) is 13.3. The number of aromatic nitrogens is 1. The van der Waals surface area contributed by atoms with E-state index in [1.165, 1.54) is 11.0 Å². The molecule has 1 fully saturated rings. The summed E-state index contributed by atoms with van der Waals surface area (Å²) >= 11 is 5.91. The first kappa shape index (κ1) is 17.3. The SMILES string of the molecule is Nc1nc(F)c(-c2ccc(OC3CCN(C(=O)O)CC3)cc2)cc1Cl. The standard InChI is InChI=1S/C17H17ClFN3O3/c18-14-9-13(15(19)21-16(14)20)10-1-3-11(4-2-10)25-12-5-7-22(8-6-12)17(23)24/h1-4,9,12H,5-8H2,(H2,20,21)(H,23,24). The number of rotatable bonds is 3. The largest absolute Gasteiger partial charge is 0.490 e. The third kappa shape index (κ3) is 3.93. The van der Waals surface area contributed by atoms with E-state index in [0.29, 0.717) is 37.2 Å². The van der Waals surface area contributed by atoms with Crippen LogP contribution in [0.25, 0.3) is 11.1 Å². The predicted molar refractivity (Wildman–Crippen MR) is 92.3 cm³/mol. The van der Waals surface area contributed by atoms with Crippen molar-refractivity contribution in [3.63, 3.8) is 0 Å². The van der Waals surface area contributed by atoms with Crippen molar-refractivity contribution < 1.29 is 19.0 Å². The highest BCUT2D eigenvalue weighted by Crippen LogP contribution is 2.29. The lowest BCUT2D eigenvalue weighted by Gasteiger charge is -2.30. The number of nitrogen functional groups attached to an aromatic ring is 1. The number of carboxylic acid groups (broad SMARTS) is 1. The molecule has 2 heterocycles. The average molecular weight is 366 g/mol. The Kier molecular flexibility index (Phi) is 4.94. The van der Waals surface area contributed by atoms with Gasteiger partial charge in [0.1, 0.15) is 17.7 Å². The monoisotopic (exact) mass is 365 g/mol. The Bertz CT molecular complexity index is 777. The van der Waals surface area contributed by atoms with Crippen molar-refractivity contribution in [2.45, 2.75) is 18.9 Å². The number of ether oxygens (including phenoxy) is 1. The summed E-state index contributed by atoms with van der Waals surface area (Å²) in [5.74, 6) is -0.0837. The van der Waals surface area contributed by atoms with E-state index in [1.54, 1.807) is 24.3 Å². The van der Waals surface area contributed by atoms with Crippen LogP contribution in [-0.2, 0) is 0 Å². The highest BCUT2D eigenvalue weighted by atomic mass is 35.5. The Balaban J connectivity index is 1.67. The van der Waals surface area contributed by atoms with Crippen molar-refractivity contribution in [1.82, 2.24) is 9.88 Å². The maximum atomic E-state index is 14.0. The highest BCUT2D eigenvalue weighted by Gasteiger charge is 2.23. The van der Waals surface area contributed by atoms with Gasteiger partial charge in [0, 0.05) is 31.5 Å². The summed E-state index contributed by atoms with van der Waals surface area (Å²) in [6.45, 7) is 0.914. The fraction of sp³-hybridized carbons (Fsp3) is 0.294. The fourth-order valence-corrected chi connectivity index (χ4v) is 2.90. The summed E-state index contributed by atoms with van der Waals surface area (Å²) in [6, 6.07) is 8.35. The Morgan fingerprint density at radius 2 is 1.96 bits per heavy atom. The molecule has 8 heteroatoms. The van der Waals surface area contributed by atoms with Crippen LogP contribution in [0.2, 0.25) is 5.02 Å². The fourth-order valence-electron chi connectivity index (χ4n) is 2.75. The molecule has 1 aromatic heterocycles. The molecule has 1 saturated heterocycles. The minimum absolute atomic E-state index is 0.0363. The van der Waals surface area contributed by atoms with E-state index in [0.717, 1.165) is 0 Å². The number of nitrogens with two attached hydrogens (primary N) is 1. The molecular formula is C17H17ClFN3O3. The first-order valence-electron chi connectivity index (χ1n) is 7.80. The number of hydrogen-bond acceptors (Lipinski definition) is 4. The van der Waals surface area contributed by atoms with Crippen molar-refractivity contribution in [2.75, 3.05) is 18.8 Å². The Morgan fingerprint density at radius 3 is 2.56 bits per heavy atom. The molecule has 25 heavy (non-hydrogen) atoms. The summed E-state index contributed by atoms with van der Waals surface area (Å²) in [4.78, 5) is 15.9. The van der Waals surface area contributed by atoms with E-state index < -0.39 is 12.0 Å². The number of likely N-dealkylation sites (tertiary alicyclic amines) is 1. The summed E-state index contributed by atoms with van der Waals surface area (Å²) < 4.78 is 19.8. The maximum Gasteiger partial charge on any atom is 0.407 e. The van der Waals surface area contributed by atoms with Crippen LogP contribution >= 0.6 is 11.6 Å². The second-order valence-corrected chi connectivity index (χ2v) is 6.21. The van der Waals surface area contributed by atoms with Gasteiger partial charge < -0.3 is 20.5 Å². The minimum Gasteiger partial charge on any atom is -0.490 e. The quantitative estimate of drug-likeness (QED) is 0.810. The number of amides is 1. The van der Waals surface area contributed by atoms with Gasteiger partial charge in [-0.2, -0.15) is 4.39 Å². The van der Waals surface area contributed by atoms with Crippen molar-refractivity contribution in [3.8, 4) is 16.9 Å². The van der Waals surface area contributed by atoms with E-state index in [9.17, 15) is 9.18 Å². The number of nitrogens with zero attached hydrogens (tertiary/aromatic N) is 2. The molecule has 0 bridgehead atoms. The normalized spacial score (nSPS) is 15.2. The number of hydrogen-bond donors (Lipinski definition) is 2. The topological polar surface area (TPSA) is 88.7 Å². The van der Waals surface area contributed by atoms with Crippen LogP contribution in [0.15, 0.2) is 30.3 Å². The number of halogens is 2. The van der Waals surface area contributed by atoms with E-state index in [1.807, 2.05) is 0 Å². The molecule has 1 aliphatic rings. The van der Waals surface area contributed by atoms with Gasteiger partial charge in [-0.3, -0.25) is 0 Å². The molecule has 0 unspecified atom stereocenters. The molecule has 1 aromatic carbocycles. The molecule has 3 rings (SSSR count). The van der Waals surface area contributed by atoms with Crippen molar-refractivity contribution in [1.29, 1.82) is 0 Å². The lowest BCUT2D eigenvalue weighted by atomic mass is 10.1. The predicted octanol–water partition coefficient (Wildman–Crippen LogP) is 3.64. The second-order valence-electron chi connectivity index (χ2n) is 5.81. The summed E-state index contributed by atoms with van der Waals surface area (Å²) in [6.07, 6.45) is 0.340. The van der Waals surface area contributed by atoms with Crippen molar-refractivity contribution in [2.24, 2.45) is 0 Å². The lowest BCUT2D eigenvalue weighted by molar-refractivity contribution is 0.0895. The van der Waals surface area contributed by atoms with Crippen LogP contribution in [-0.4, -0.2) is 40.3 Å². The van der Waals surface area contributed by atoms with Gasteiger partial charge in [-0.15, -0.1) is 0 Å². The molecule has 0 aliphatic carbocycles. The van der Waals surface area contributed by atoms with Crippen LogP contribution in [0.3, 0.4) is 0 Å². The van der Waals surface area contributed by atoms with Gasteiger partial charge in [-0.05, 0) is 23.8 Å². The van der Waals surface area contributed by atoms with Gasteiger partial charge in [-0.1, -0.05) is 23.7 Å². The first-order chi connectivity index (χ1) is 11.9. The average Bonchev–Trinajstić information content (AvgIpc) is 2.59. The molecule has 132 valence electrons. The third-order valence-corrected chi connectivity index (χ3v) is 4.44. The van der Waals surface area contributed by atoms with Gasteiger partial charge in [0.2, 0.25) is 5.95 Å². The van der Waals surface area contributed by atoms with E-state index >= 15 is 0 Å². The number of carbonyl (C=O) groups is 1. The maximum absolute atomic E-state index is 14.0. The minimum atomic E-state index is -0.902. The van der Waals surface area contributed by atoms with Crippen LogP contribution in [0.5, 0.6) is 5.75 Å². The first-order valence-corrected chi connectivity index (χ1v) is 8.18. The Hall–Kier alpha value is -2.54. The molecule has 0 atom stereocenters. The summed E-state index contributed by atoms with van der Waals surface area (Å²) in [5, 5.41) is 9.14. The zero-order chi connectivity index (χ0) is 18.0. The number of pyridine rings is 1. The van der Waals surface area contributed by atoms with Crippen molar-refractivity contribution in [3.05, 3.63) is 41.3 Å². The Morgan fingerprint density at radius 1 is 1.32 bits per heavy atom. The van der Waals surface area contributed by atoms with E-state index in [4.69, 9.17) is 27.2 Å². The van der Waals surface area contributed by atoms with Crippen LogP contribution in [0, 0.1) is 5.95 Å². The number of anilines is 1. The molecular weight excluding hydrogens is 349 g/mol. The molecule has 3 N–H and O–H groups in total. The number of benzene rings is 1. The smallest absolute Gasteiger partial charge is 0.407 e. The molecule has 0 spiro atoms. The number of piperidine rings is 1. The Labute approximate surface area is 149 Å². The third-order valence-electron chi connectivity index (χ3n) is 4.14. The lowest BCUT2D eigenvalue weighted by Crippen LogP contribution is -2.41.